The molecule has 114 valence electrons. The molecule has 2 aromatic rings. The van der Waals surface area contributed by atoms with Gasteiger partial charge in [-0.3, -0.25) is 0 Å². The predicted octanol–water partition coefficient (Wildman–Crippen LogP) is 1.93. The van der Waals surface area contributed by atoms with Crippen LogP contribution in [0.15, 0.2) is 36.4 Å². The highest BCUT2D eigenvalue weighted by Crippen LogP contribution is 2.23. The van der Waals surface area contributed by atoms with Crippen molar-refractivity contribution in [3.63, 3.8) is 0 Å². The fourth-order valence-corrected chi connectivity index (χ4v) is 1.71. The Kier molecular flexibility index (Phi) is 4.03. The zero-order valence-corrected chi connectivity index (χ0v) is 11.1. The quantitative estimate of drug-likeness (QED) is 0.364. The van der Waals surface area contributed by atoms with Gasteiger partial charge in [0.2, 0.25) is 0 Å². The van der Waals surface area contributed by atoms with Gasteiger partial charge in [-0.05, 0) is 36.4 Å². The molecule has 0 heterocycles. The first-order valence-corrected chi connectivity index (χ1v) is 6.03. The summed E-state index contributed by atoms with van der Waals surface area (Å²) in [6, 6.07) is 7.73. The summed E-state index contributed by atoms with van der Waals surface area (Å²) in [6.07, 6.45) is 0. The topological polar surface area (TPSA) is 139 Å². The Labute approximate surface area is 124 Å². The number of phenols is 2. The Bertz CT molecular complexity index is 681. The fraction of sp³-hybridized carbons (Fsp3) is 0. The minimum atomic E-state index is -1.28. The Hall–Kier alpha value is -3.42. The summed E-state index contributed by atoms with van der Waals surface area (Å²) in [5, 5.41) is 36.6. The second kappa shape index (κ2) is 5.92. The Morgan fingerprint density at radius 2 is 1.09 bits per heavy atom. The maximum atomic E-state index is 10.9. The van der Waals surface area contributed by atoms with Gasteiger partial charge in [0.25, 0.3) is 0 Å². The highest BCUT2D eigenvalue weighted by atomic mass is 16.4. The van der Waals surface area contributed by atoms with Gasteiger partial charge in [-0.15, -0.1) is 0 Å². The molecule has 2 aromatic carbocycles. The fourth-order valence-electron chi connectivity index (χ4n) is 1.71. The molecule has 0 saturated carbocycles. The number of benzene rings is 2. The summed E-state index contributed by atoms with van der Waals surface area (Å²) in [6.45, 7) is 0. The number of aromatic carboxylic acids is 2. The number of anilines is 2. The van der Waals surface area contributed by atoms with Gasteiger partial charge < -0.3 is 31.3 Å². The number of carboxylic acid groups (broad SMARTS) is 2. The molecule has 22 heavy (non-hydrogen) atoms. The van der Waals surface area contributed by atoms with Gasteiger partial charge in [0.1, 0.15) is 22.6 Å². The molecule has 0 bridgehead atoms. The third-order valence-corrected chi connectivity index (χ3v) is 2.81. The smallest absolute Gasteiger partial charge is 0.339 e. The van der Waals surface area contributed by atoms with Crippen molar-refractivity contribution in [2.24, 2.45) is 0 Å². The highest BCUT2D eigenvalue weighted by molar-refractivity contribution is 5.93. The number of carboxylic acids is 2. The normalized spacial score (nSPS) is 10.0. The van der Waals surface area contributed by atoms with Crippen molar-refractivity contribution in [2.75, 3.05) is 10.9 Å². The maximum Gasteiger partial charge on any atom is 0.339 e. The molecule has 0 amide bonds. The van der Waals surface area contributed by atoms with Gasteiger partial charge in [0, 0.05) is 0 Å². The zero-order chi connectivity index (χ0) is 16.3. The van der Waals surface area contributed by atoms with Gasteiger partial charge in [-0.1, -0.05) is 0 Å². The zero-order valence-electron chi connectivity index (χ0n) is 11.1. The molecule has 8 nitrogen and oxygen atoms in total. The molecule has 0 saturated heterocycles. The molecule has 0 unspecified atom stereocenters. The number of carbonyl (C=O) groups is 2. The van der Waals surface area contributed by atoms with Crippen LogP contribution in [0.3, 0.4) is 0 Å². The number of hydrogen-bond acceptors (Lipinski definition) is 6. The molecule has 0 aromatic heterocycles. The van der Waals surface area contributed by atoms with Gasteiger partial charge >= 0.3 is 11.9 Å². The van der Waals surface area contributed by atoms with Crippen molar-refractivity contribution in [3.8, 4) is 11.5 Å². The highest BCUT2D eigenvalue weighted by Gasteiger charge is 2.11. The van der Waals surface area contributed by atoms with E-state index >= 15 is 0 Å². The van der Waals surface area contributed by atoms with E-state index in [1.807, 2.05) is 0 Å². The van der Waals surface area contributed by atoms with Crippen molar-refractivity contribution in [1.82, 2.24) is 0 Å². The van der Waals surface area contributed by atoms with Crippen LogP contribution in [0, 0.1) is 0 Å². The van der Waals surface area contributed by atoms with Crippen LogP contribution in [0.2, 0.25) is 0 Å². The van der Waals surface area contributed by atoms with Crippen molar-refractivity contribution in [3.05, 3.63) is 47.5 Å². The monoisotopic (exact) mass is 304 g/mol. The molecule has 2 rings (SSSR count). The molecule has 0 fully saturated rings. The molecule has 0 spiro atoms. The van der Waals surface area contributed by atoms with Crippen molar-refractivity contribution in [1.29, 1.82) is 0 Å². The number of aromatic hydroxyl groups is 2. The second-order valence-corrected chi connectivity index (χ2v) is 4.32. The summed E-state index contributed by atoms with van der Waals surface area (Å²) in [7, 11) is 0. The molecular formula is C14H12N2O6. The third kappa shape index (κ3) is 3.18. The van der Waals surface area contributed by atoms with E-state index in [1.54, 1.807) is 0 Å². The van der Waals surface area contributed by atoms with Crippen molar-refractivity contribution < 1.29 is 30.0 Å². The van der Waals surface area contributed by atoms with Crippen molar-refractivity contribution in [2.45, 2.75) is 0 Å². The minimum absolute atomic E-state index is 0.274. The Balaban J connectivity index is 2.17. The summed E-state index contributed by atoms with van der Waals surface area (Å²) >= 11 is 0. The molecule has 0 aliphatic carbocycles. The van der Waals surface area contributed by atoms with E-state index in [0.717, 1.165) is 0 Å². The lowest BCUT2D eigenvalue weighted by atomic mass is 10.2. The minimum Gasteiger partial charge on any atom is -0.507 e. The van der Waals surface area contributed by atoms with Crippen LogP contribution in [0.4, 0.5) is 11.4 Å². The predicted molar refractivity (Wildman–Crippen MR) is 77.4 cm³/mol. The number of rotatable bonds is 5. The van der Waals surface area contributed by atoms with E-state index < -0.39 is 11.9 Å². The van der Waals surface area contributed by atoms with Gasteiger partial charge in [0.05, 0.1) is 11.4 Å². The lowest BCUT2D eigenvalue weighted by Gasteiger charge is -2.12. The summed E-state index contributed by atoms with van der Waals surface area (Å²) in [4.78, 5) is 21.8. The van der Waals surface area contributed by atoms with Crippen LogP contribution in [0.5, 0.6) is 11.5 Å². The number of hydrogen-bond donors (Lipinski definition) is 6. The summed E-state index contributed by atoms with van der Waals surface area (Å²) < 4.78 is 0. The van der Waals surface area contributed by atoms with E-state index in [-0.39, 0.29) is 22.6 Å². The first kappa shape index (κ1) is 15.0. The molecule has 0 aliphatic rings. The molecule has 6 N–H and O–H groups in total. The van der Waals surface area contributed by atoms with E-state index in [1.165, 1.54) is 36.4 Å². The molecule has 8 heteroatoms. The van der Waals surface area contributed by atoms with Gasteiger partial charge in [-0.2, -0.15) is 0 Å². The third-order valence-electron chi connectivity index (χ3n) is 2.81. The lowest BCUT2D eigenvalue weighted by molar-refractivity contribution is 0.0682. The second-order valence-electron chi connectivity index (χ2n) is 4.32. The largest absolute Gasteiger partial charge is 0.507 e. The van der Waals surface area contributed by atoms with E-state index in [9.17, 15) is 19.8 Å². The van der Waals surface area contributed by atoms with Crippen LogP contribution in [0.1, 0.15) is 20.7 Å². The Morgan fingerprint density at radius 3 is 1.41 bits per heavy atom. The number of hydrazine groups is 1. The van der Waals surface area contributed by atoms with Crippen LogP contribution < -0.4 is 10.9 Å². The molecule has 0 aliphatic heterocycles. The van der Waals surface area contributed by atoms with E-state index in [2.05, 4.69) is 10.9 Å². The molecule has 0 radical (unpaired) electrons. The summed E-state index contributed by atoms with van der Waals surface area (Å²) in [5.41, 5.74) is 5.49. The van der Waals surface area contributed by atoms with Crippen molar-refractivity contribution >= 4 is 23.3 Å². The maximum absolute atomic E-state index is 10.9. The van der Waals surface area contributed by atoms with Crippen LogP contribution in [0.25, 0.3) is 0 Å². The first-order chi connectivity index (χ1) is 10.4. The lowest BCUT2D eigenvalue weighted by Crippen LogP contribution is -2.10. The van der Waals surface area contributed by atoms with Gasteiger partial charge in [-0.25, -0.2) is 9.59 Å². The van der Waals surface area contributed by atoms with Gasteiger partial charge in [0.15, 0.2) is 0 Å². The van der Waals surface area contributed by atoms with Crippen LogP contribution in [-0.2, 0) is 0 Å². The number of nitrogens with one attached hydrogen (secondary N) is 2. The summed E-state index contributed by atoms with van der Waals surface area (Å²) in [5.74, 6) is -3.29. The van der Waals surface area contributed by atoms with E-state index in [0.29, 0.717) is 11.4 Å². The molecular weight excluding hydrogens is 292 g/mol. The van der Waals surface area contributed by atoms with Crippen LogP contribution >= 0.6 is 0 Å². The average Bonchev–Trinajstić information content (AvgIpc) is 2.47. The SMILES string of the molecule is O=C(O)c1cc(NNc2ccc(O)c(C(=O)O)c2)ccc1O. The molecule has 0 atom stereocenters. The average molecular weight is 304 g/mol. The van der Waals surface area contributed by atoms with Crippen LogP contribution in [-0.4, -0.2) is 32.4 Å². The van der Waals surface area contributed by atoms with E-state index in [4.69, 9.17) is 10.2 Å². The first-order valence-electron chi connectivity index (χ1n) is 6.03. The Morgan fingerprint density at radius 1 is 0.727 bits per heavy atom. The standard InChI is InChI=1S/C14H12N2O6/c17-11-3-1-7(5-9(11)13(19)20)15-16-8-2-4-12(18)10(6-8)14(21)22/h1-6,15-18H,(H,19,20)(H,21,22).